The Morgan fingerprint density at radius 3 is 2.37 bits per heavy atom. The van der Waals surface area contributed by atoms with Crippen LogP contribution < -0.4 is 5.32 Å². The summed E-state index contributed by atoms with van der Waals surface area (Å²) in [5, 5.41) is 3.29. The van der Waals surface area contributed by atoms with E-state index >= 15 is 0 Å². The highest BCUT2D eigenvalue weighted by Crippen LogP contribution is 2.37. The molecule has 0 aromatic carbocycles. The minimum absolute atomic E-state index is 0. The monoisotopic (exact) mass is 287 g/mol. The van der Waals surface area contributed by atoms with Crippen LogP contribution in [0.3, 0.4) is 0 Å². The number of amides is 1. The zero-order valence-corrected chi connectivity index (χ0v) is 12.5. The van der Waals surface area contributed by atoms with Crippen LogP contribution in [0.25, 0.3) is 0 Å². The molecule has 0 bridgehead atoms. The lowest BCUT2D eigenvalue weighted by Gasteiger charge is -2.28. The van der Waals surface area contributed by atoms with Gasteiger partial charge in [-0.15, -0.1) is 12.4 Å². The second-order valence-corrected chi connectivity index (χ2v) is 6.09. The number of hydrogen-bond acceptors (Lipinski definition) is 3. The van der Waals surface area contributed by atoms with E-state index in [0.717, 1.165) is 51.0 Å². The number of halogens is 1. The third kappa shape index (κ3) is 3.61. The number of carbonyl (C=O) groups is 1. The normalized spacial score (nSPS) is 31.1. The predicted molar refractivity (Wildman–Crippen MR) is 78.6 cm³/mol. The second kappa shape index (κ2) is 6.91. The third-order valence-electron chi connectivity index (χ3n) is 4.91. The fraction of sp³-hybridized carbons (Fsp3) is 0.929. The number of piperazine rings is 1. The molecule has 2 aliphatic heterocycles. The van der Waals surface area contributed by atoms with E-state index in [-0.39, 0.29) is 12.4 Å². The number of nitrogens with zero attached hydrogens (tertiary/aromatic N) is 2. The molecule has 2 atom stereocenters. The molecule has 4 nitrogen and oxygen atoms in total. The van der Waals surface area contributed by atoms with Crippen molar-refractivity contribution >= 4 is 18.3 Å². The fourth-order valence-electron chi connectivity index (χ4n) is 3.84. The molecule has 1 N–H and O–H groups in total. The van der Waals surface area contributed by atoms with E-state index in [0.29, 0.717) is 5.91 Å². The molecule has 0 radical (unpaired) electrons. The van der Waals surface area contributed by atoms with Crippen LogP contribution in [-0.2, 0) is 4.79 Å². The maximum absolute atomic E-state index is 12.1. The van der Waals surface area contributed by atoms with Gasteiger partial charge < -0.3 is 15.1 Å². The van der Waals surface area contributed by atoms with Crippen LogP contribution in [0.15, 0.2) is 0 Å². The predicted octanol–water partition coefficient (Wildman–Crippen LogP) is 0.962. The van der Waals surface area contributed by atoms with E-state index < -0.39 is 0 Å². The first kappa shape index (κ1) is 15.1. The maximum atomic E-state index is 12.1. The molecule has 3 aliphatic rings. The highest BCUT2D eigenvalue weighted by atomic mass is 35.5. The van der Waals surface area contributed by atoms with Crippen molar-refractivity contribution in [2.45, 2.75) is 25.7 Å². The zero-order valence-electron chi connectivity index (χ0n) is 11.6. The minimum Gasteiger partial charge on any atom is -0.340 e. The van der Waals surface area contributed by atoms with E-state index in [1.807, 2.05) is 4.90 Å². The summed E-state index contributed by atoms with van der Waals surface area (Å²) in [6.45, 7) is 7.18. The zero-order chi connectivity index (χ0) is 12.4. The molecule has 2 saturated heterocycles. The van der Waals surface area contributed by atoms with Gasteiger partial charge >= 0.3 is 0 Å². The summed E-state index contributed by atoms with van der Waals surface area (Å²) in [5.74, 6) is 2.24. The first-order valence-corrected chi connectivity index (χ1v) is 7.54. The molecule has 0 aromatic rings. The maximum Gasteiger partial charge on any atom is 0.223 e. The lowest BCUT2D eigenvalue weighted by atomic mass is 10.0. The Labute approximate surface area is 122 Å². The molecule has 19 heavy (non-hydrogen) atoms. The number of nitrogens with one attached hydrogen (secondary N) is 1. The number of hydrogen-bond donors (Lipinski definition) is 1. The van der Waals surface area contributed by atoms with Crippen LogP contribution in [0.4, 0.5) is 0 Å². The lowest BCUT2D eigenvalue weighted by Crippen LogP contribution is -2.47. The van der Waals surface area contributed by atoms with Gasteiger partial charge in [0.05, 0.1) is 0 Å². The van der Waals surface area contributed by atoms with Gasteiger partial charge in [-0.2, -0.15) is 0 Å². The smallest absolute Gasteiger partial charge is 0.223 e. The van der Waals surface area contributed by atoms with E-state index in [2.05, 4.69) is 10.2 Å². The van der Waals surface area contributed by atoms with Gasteiger partial charge in [-0.3, -0.25) is 4.79 Å². The van der Waals surface area contributed by atoms with Gasteiger partial charge in [0.25, 0.3) is 0 Å². The van der Waals surface area contributed by atoms with Gasteiger partial charge in [0, 0.05) is 52.2 Å². The number of rotatable bonds is 3. The highest BCUT2D eigenvalue weighted by molar-refractivity contribution is 5.85. The van der Waals surface area contributed by atoms with Gasteiger partial charge in [-0.1, -0.05) is 6.42 Å². The molecule has 2 unspecified atom stereocenters. The lowest BCUT2D eigenvalue weighted by molar-refractivity contribution is -0.132. The summed E-state index contributed by atoms with van der Waals surface area (Å²) in [6, 6.07) is 0. The van der Waals surface area contributed by atoms with Crippen LogP contribution in [0.1, 0.15) is 25.7 Å². The molecule has 3 rings (SSSR count). The van der Waals surface area contributed by atoms with Crippen molar-refractivity contribution in [3.8, 4) is 0 Å². The molecule has 110 valence electrons. The average Bonchev–Trinajstić information content (AvgIpc) is 2.97. The van der Waals surface area contributed by atoms with Crippen molar-refractivity contribution < 1.29 is 4.79 Å². The van der Waals surface area contributed by atoms with E-state index in [1.54, 1.807) is 0 Å². The van der Waals surface area contributed by atoms with E-state index in [1.165, 1.54) is 32.4 Å². The Balaban J connectivity index is 0.00000133. The van der Waals surface area contributed by atoms with Crippen molar-refractivity contribution in [3.05, 3.63) is 0 Å². The first-order chi connectivity index (χ1) is 8.83. The van der Waals surface area contributed by atoms with Gasteiger partial charge in [0.2, 0.25) is 5.91 Å². The highest BCUT2D eigenvalue weighted by Gasteiger charge is 2.35. The quantitative estimate of drug-likeness (QED) is 0.840. The van der Waals surface area contributed by atoms with Crippen molar-refractivity contribution in [2.24, 2.45) is 11.8 Å². The van der Waals surface area contributed by atoms with Crippen LogP contribution in [0.2, 0.25) is 0 Å². The Morgan fingerprint density at radius 2 is 1.74 bits per heavy atom. The van der Waals surface area contributed by atoms with Gasteiger partial charge in [-0.05, 0) is 24.7 Å². The first-order valence-electron chi connectivity index (χ1n) is 7.54. The van der Waals surface area contributed by atoms with Crippen LogP contribution in [0, 0.1) is 11.8 Å². The summed E-state index contributed by atoms with van der Waals surface area (Å²) < 4.78 is 0. The minimum atomic E-state index is 0. The summed E-state index contributed by atoms with van der Waals surface area (Å²) in [4.78, 5) is 16.6. The summed E-state index contributed by atoms with van der Waals surface area (Å²) in [6.07, 6.45) is 5.00. The Bertz CT molecular complexity index is 295. The van der Waals surface area contributed by atoms with Crippen molar-refractivity contribution in [1.29, 1.82) is 0 Å². The van der Waals surface area contributed by atoms with Crippen molar-refractivity contribution in [2.75, 3.05) is 45.8 Å². The van der Waals surface area contributed by atoms with Crippen molar-refractivity contribution in [1.82, 2.24) is 15.1 Å². The average molecular weight is 288 g/mol. The fourth-order valence-corrected chi connectivity index (χ4v) is 3.84. The van der Waals surface area contributed by atoms with E-state index in [9.17, 15) is 4.79 Å². The topological polar surface area (TPSA) is 35.6 Å². The Hall–Kier alpha value is -0.320. The van der Waals surface area contributed by atoms with Gasteiger partial charge in [0.1, 0.15) is 0 Å². The molecule has 3 fully saturated rings. The summed E-state index contributed by atoms with van der Waals surface area (Å²) in [7, 11) is 0. The summed E-state index contributed by atoms with van der Waals surface area (Å²) >= 11 is 0. The van der Waals surface area contributed by atoms with Crippen LogP contribution in [0.5, 0.6) is 0 Å². The molecule has 1 saturated carbocycles. The van der Waals surface area contributed by atoms with Crippen molar-refractivity contribution in [3.63, 3.8) is 0 Å². The van der Waals surface area contributed by atoms with Crippen LogP contribution >= 0.6 is 12.4 Å². The molecule has 2 heterocycles. The molecular weight excluding hydrogens is 262 g/mol. The number of carbonyl (C=O) groups excluding carboxylic acids is 1. The summed E-state index contributed by atoms with van der Waals surface area (Å²) in [5.41, 5.74) is 0. The Kier molecular flexibility index (Phi) is 5.48. The molecule has 0 aromatic heterocycles. The Morgan fingerprint density at radius 1 is 1.11 bits per heavy atom. The van der Waals surface area contributed by atoms with Crippen LogP contribution in [-0.4, -0.2) is 61.5 Å². The SMILES string of the molecule is Cl.O=C(CCN1CC2CCCC2C1)N1CCNCC1. The largest absolute Gasteiger partial charge is 0.340 e. The molecule has 1 aliphatic carbocycles. The second-order valence-electron chi connectivity index (χ2n) is 6.09. The number of likely N-dealkylation sites (tertiary alicyclic amines) is 1. The third-order valence-corrected chi connectivity index (χ3v) is 4.91. The van der Waals surface area contributed by atoms with E-state index in [4.69, 9.17) is 0 Å². The molecular formula is C14H26ClN3O. The number of fused-ring (bicyclic) bond motifs is 1. The van der Waals surface area contributed by atoms with Gasteiger partial charge in [-0.25, -0.2) is 0 Å². The van der Waals surface area contributed by atoms with Gasteiger partial charge in [0.15, 0.2) is 0 Å². The molecule has 0 spiro atoms. The molecule has 5 heteroatoms. The standard InChI is InChI=1S/C14H25N3O.ClH/c18-14(17-8-5-15-6-9-17)4-7-16-10-12-2-1-3-13(12)11-16;/h12-13,15H,1-11H2;1H. The molecule has 1 amide bonds.